The van der Waals surface area contributed by atoms with Gasteiger partial charge in [0.15, 0.2) is 29.2 Å². The summed E-state index contributed by atoms with van der Waals surface area (Å²) in [5, 5.41) is 9.37. The zero-order valence-corrected chi connectivity index (χ0v) is 18.9. The van der Waals surface area contributed by atoms with E-state index in [2.05, 4.69) is 10.4 Å². The molecule has 0 spiro atoms. The van der Waals surface area contributed by atoms with E-state index in [0.717, 1.165) is 16.8 Å². The molecular weight excluding hydrogens is 422 g/mol. The largest absolute Gasteiger partial charge is 0.493 e. The highest BCUT2D eigenvalue weighted by molar-refractivity contribution is 6.02. The zero-order valence-electron chi connectivity index (χ0n) is 18.9. The Bertz CT molecular complexity index is 1190. The van der Waals surface area contributed by atoms with Crippen molar-refractivity contribution in [2.75, 3.05) is 33.8 Å². The van der Waals surface area contributed by atoms with Gasteiger partial charge >= 0.3 is 0 Å². The molecule has 0 saturated heterocycles. The van der Waals surface area contributed by atoms with Crippen LogP contribution in [-0.4, -0.2) is 45.6 Å². The number of nitrogens with zero attached hydrogens (tertiary/aromatic N) is 2. The average Bonchev–Trinajstić information content (AvgIpc) is 2.87. The molecule has 0 radical (unpaired) electrons. The lowest BCUT2D eigenvalue weighted by molar-refractivity contribution is 0.0691. The Hall–Kier alpha value is -4.20. The first kappa shape index (κ1) is 22.0. The third kappa shape index (κ3) is 4.27. The van der Waals surface area contributed by atoms with Crippen LogP contribution in [0.25, 0.3) is 0 Å². The van der Waals surface area contributed by atoms with Crippen LogP contribution in [0.4, 0.5) is 5.69 Å². The van der Waals surface area contributed by atoms with E-state index in [9.17, 15) is 4.79 Å². The van der Waals surface area contributed by atoms with Gasteiger partial charge in [0.1, 0.15) is 0 Å². The van der Waals surface area contributed by atoms with Gasteiger partial charge in [0.25, 0.3) is 5.91 Å². The van der Waals surface area contributed by atoms with E-state index >= 15 is 0 Å². The first-order valence-electron chi connectivity index (χ1n) is 10.3. The molecule has 0 fully saturated rings. The van der Waals surface area contributed by atoms with E-state index in [1.54, 1.807) is 58.9 Å². The molecule has 0 aliphatic carbocycles. The van der Waals surface area contributed by atoms with E-state index in [0.29, 0.717) is 28.6 Å². The minimum atomic E-state index is -0.552. The maximum atomic E-state index is 13.4. The second-order valence-corrected chi connectivity index (χ2v) is 7.22. The third-order valence-corrected chi connectivity index (χ3v) is 5.36. The van der Waals surface area contributed by atoms with Crippen molar-refractivity contribution in [1.82, 2.24) is 5.01 Å². The number of hydrogen-bond acceptors (Lipinski definition) is 7. The lowest BCUT2D eigenvalue weighted by Crippen LogP contribution is -2.39. The van der Waals surface area contributed by atoms with Crippen molar-refractivity contribution in [3.63, 3.8) is 0 Å². The summed E-state index contributed by atoms with van der Waals surface area (Å²) in [6.07, 6.45) is 1.06. The number of nitrogens with one attached hydrogen (secondary N) is 1. The number of benzene rings is 3. The Morgan fingerprint density at radius 1 is 0.818 bits per heavy atom. The van der Waals surface area contributed by atoms with Gasteiger partial charge in [-0.2, -0.15) is 5.10 Å². The summed E-state index contributed by atoms with van der Waals surface area (Å²) in [5.41, 5.74) is 2.82. The molecule has 1 aliphatic rings. The molecule has 4 rings (SSSR count). The van der Waals surface area contributed by atoms with Crippen LogP contribution in [0.1, 0.15) is 27.7 Å². The lowest BCUT2D eigenvalue weighted by atomic mass is 10.0. The van der Waals surface area contributed by atoms with Crippen LogP contribution in [-0.2, 0) is 0 Å². The van der Waals surface area contributed by atoms with Crippen molar-refractivity contribution >= 4 is 17.8 Å². The van der Waals surface area contributed by atoms with E-state index in [-0.39, 0.29) is 5.91 Å². The minimum Gasteiger partial charge on any atom is -0.493 e. The van der Waals surface area contributed by atoms with E-state index in [4.69, 9.17) is 18.9 Å². The fourth-order valence-corrected chi connectivity index (χ4v) is 3.67. The lowest BCUT2D eigenvalue weighted by Gasteiger charge is -2.34. The summed E-state index contributed by atoms with van der Waals surface area (Å²) >= 11 is 0. The van der Waals surface area contributed by atoms with E-state index < -0.39 is 6.17 Å². The molecule has 1 N–H and O–H groups in total. The molecule has 1 heterocycles. The van der Waals surface area contributed by atoms with Crippen LogP contribution in [0, 0.1) is 0 Å². The molecule has 0 bridgehead atoms. The maximum Gasteiger partial charge on any atom is 0.278 e. The summed E-state index contributed by atoms with van der Waals surface area (Å²) in [6.45, 7) is 0. The molecule has 170 valence electrons. The number of methoxy groups -OCH3 is 4. The van der Waals surface area contributed by atoms with Gasteiger partial charge < -0.3 is 24.3 Å². The van der Waals surface area contributed by atoms with E-state index in [1.165, 1.54) is 5.01 Å². The normalized spacial score (nSPS) is 15.1. The predicted octanol–water partition coefficient (Wildman–Crippen LogP) is 4.32. The number of hydrazone groups is 1. The number of fused-ring (bicyclic) bond motifs is 1. The fraction of sp³-hybridized carbons (Fsp3) is 0.200. The van der Waals surface area contributed by atoms with Crippen LogP contribution in [0.5, 0.6) is 23.0 Å². The maximum absolute atomic E-state index is 13.4. The Morgan fingerprint density at radius 3 is 2.15 bits per heavy atom. The third-order valence-electron chi connectivity index (χ3n) is 5.36. The second kappa shape index (κ2) is 9.52. The molecule has 1 unspecified atom stereocenters. The summed E-state index contributed by atoms with van der Waals surface area (Å²) < 4.78 is 21.5. The predicted molar refractivity (Wildman–Crippen MR) is 126 cm³/mol. The standard InChI is InChI=1S/C25H25N3O5/c1-30-20-11-9-16(13-22(20)32-3)15-26-28-24(17-10-12-21(31-2)23(14-17)33-4)27-19-8-6-5-7-18(19)25(28)29/h5-15,24,27H,1-4H3/b26-15+. The van der Waals surface area contributed by atoms with Gasteiger partial charge in [0.05, 0.1) is 40.2 Å². The van der Waals surface area contributed by atoms with Crippen molar-refractivity contribution < 1.29 is 23.7 Å². The number of ether oxygens (including phenoxy) is 4. The SMILES string of the molecule is COc1ccc(/C=N/N2C(=O)c3ccccc3NC2c2ccc(OC)c(OC)c2)cc1OC. The number of anilines is 1. The summed E-state index contributed by atoms with van der Waals surface area (Å²) in [6, 6.07) is 18.3. The molecule has 0 saturated carbocycles. The highest BCUT2D eigenvalue weighted by atomic mass is 16.5. The van der Waals surface area contributed by atoms with Crippen LogP contribution < -0.4 is 24.3 Å². The van der Waals surface area contributed by atoms with Gasteiger partial charge in [-0.25, -0.2) is 5.01 Å². The van der Waals surface area contributed by atoms with Crippen LogP contribution >= 0.6 is 0 Å². The van der Waals surface area contributed by atoms with Crippen LogP contribution in [0.2, 0.25) is 0 Å². The topological polar surface area (TPSA) is 81.6 Å². The molecule has 3 aromatic carbocycles. The molecular formula is C25H25N3O5. The zero-order chi connectivity index (χ0) is 23.4. The molecule has 1 aliphatic heterocycles. The number of para-hydroxylation sites is 1. The van der Waals surface area contributed by atoms with Crippen molar-refractivity contribution in [3.8, 4) is 23.0 Å². The number of rotatable bonds is 7. The minimum absolute atomic E-state index is 0.221. The van der Waals surface area contributed by atoms with Gasteiger partial charge in [-0.1, -0.05) is 18.2 Å². The molecule has 3 aromatic rings. The Kier molecular flexibility index (Phi) is 6.35. The molecule has 0 aromatic heterocycles. The van der Waals surface area contributed by atoms with Crippen LogP contribution in [0.15, 0.2) is 65.8 Å². The first-order chi connectivity index (χ1) is 16.1. The van der Waals surface area contributed by atoms with Gasteiger partial charge in [0.2, 0.25) is 0 Å². The molecule has 8 nitrogen and oxygen atoms in total. The molecule has 1 atom stereocenters. The summed E-state index contributed by atoms with van der Waals surface area (Å²) in [4.78, 5) is 13.4. The average molecular weight is 447 g/mol. The highest BCUT2D eigenvalue weighted by Crippen LogP contribution is 2.37. The van der Waals surface area contributed by atoms with Gasteiger partial charge in [-0.3, -0.25) is 4.79 Å². The van der Waals surface area contributed by atoms with Crippen molar-refractivity contribution in [2.24, 2.45) is 5.10 Å². The number of hydrogen-bond donors (Lipinski definition) is 1. The summed E-state index contributed by atoms with van der Waals surface area (Å²) in [7, 11) is 6.30. The monoisotopic (exact) mass is 447 g/mol. The number of carbonyl (C=O) groups is 1. The Morgan fingerprint density at radius 2 is 1.45 bits per heavy atom. The van der Waals surface area contributed by atoms with Crippen molar-refractivity contribution in [1.29, 1.82) is 0 Å². The van der Waals surface area contributed by atoms with Gasteiger partial charge in [-0.05, 0) is 48.0 Å². The smallest absolute Gasteiger partial charge is 0.278 e. The molecule has 33 heavy (non-hydrogen) atoms. The van der Waals surface area contributed by atoms with Gasteiger partial charge in [-0.15, -0.1) is 0 Å². The highest BCUT2D eigenvalue weighted by Gasteiger charge is 2.33. The number of carbonyl (C=O) groups excluding carboxylic acids is 1. The quantitative estimate of drug-likeness (QED) is 0.543. The Labute approximate surface area is 192 Å². The van der Waals surface area contributed by atoms with Crippen molar-refractivity contribution in [2.45, 2.75) is 6.17 Å². The fourth-order valence-electron chi connectivity index (χ4n) is 3.67. The molecule has 1 amide bonds. The number of amides is 1. The van der Waals surface area contributed by atoms with E-state index in [1.807, 2.05) is 36.4 Å². The second-order valence-electron chi connectivity index (χ2n) is 7.22. The Balaban J connectivity index is 1.74. The molecule has 8 heteroatoms. The first-order valence-corrected chi connectivity index (χ1v) is 10.3. The van der Waals surface area contributed by atoms with Crippen LogP contribution in [0.3, 0.4) is 0 Å². The van der Waals surface area contributed by atoms with Gasteiger partial charge in [0, 0.05) is 11.3 Å². The van der Waals surface area contributed by atoms with Crippen molar-refractivity contribution in [3.05, 3.63) is 77.4 Å². The summed E-state index contributed by atoms with van der Waals surface area (Å²) in [5.74, 6) is 2.13.